The minimum Gasteiger partial charge on any atom is -0.480 e. The van der Waals surface area contributed by atoms with E-state index in [1.807, 2.05) is 0 Å². The normalized spacial score (nSPS) is 12.9. The van der Waals surface area contributed by atoms with Gasteiger partial charge in [-0.15, -0.1) is 0 Å². The smallest absolute Gasteiger partial charge is 0.320 e. The highest BCUT2D eigenvalue weighted by Crippen LogP contribution is 2.26. The van der Waals surface area contributed by atoms with Crippen LogP contribution in [-0.4, -0.2) is 39.3 Å². The number of carbonyl (C=O) groups excluding carboxylic acids is 1. The molecule has 0 aliphatic rings. The second-order valence-electron chi connectivity index (χ2n) is 7.37. The number of carboxylic acids is 1. The number of nitrogens with two attached hydrogens (primary N) is 1. The maximum atomic E-state index is 14.1. The van der Waals surface area contributed by atoms with E-state index >= 15 is 0 Å². The van der Waals surface area contributed by atoms with E-state index in [0.29, 0.717) is 16.1 Å². The van der Waals surface area contributed by atoms with Crippen molar-refractivity contribution in [1.29, 1.82) is 0 Å². The summed E-state index contributed by atoms with van der Waals surface area (Å²) in [4.78, 5) is 23.7. The Labute approximate surface area is 187 Å². The fourth-order valence-electron chi connectivity index (χ4n) is 3.25. The number of aryl methyl sites for hydroxylation is 1. The van der Waals surface area contributed by atoms with Gasteiger partial charge in [0.2, 0.25) is 0 Å². The Morgan fingerprint density at radius 1 is 1.22 bits per heavy atom. The molecule has 1 aromatic heterocycles. The van der Waals surface area contributed by atoms with Gasteiger partial charge in [-0.25, -0.2) is 8.78 Å². The summed E-state index contributed by atoms with van der Waals surface area (Å²) in [6, 6.07) is 9.15. The molecular weight excluding hydrogens is 442 g/mol. The van der Waals surface area contributed by atoms with Crippen LogP contribution in [0.25, 0.3) is 11.1 Å². The highest BCUT2D eigenvalue weighted by Gasteiger charge is 2.24. The Balaban J connectivity index is 1.79. The van der Waals surface area contributed by atoms with Gasteiger partial charge in [0.1, 0.15) is 11.9 Å². The first-order valence-corrected chi connectivity index (χ1v) is 10.1. The van der Waals surface area contributed by atoms with Crippen LogP contribution >= 0.6 is 11.6 Å². The molecule has 1 unspecified atom stereocenters. The predicted molar refractivity (Wildman–Crippen MR) is 115 cm³/mol. The second-order valence-corrected chi connectivity index (χ2v) is 7.81. The average molecular weight is 463 g/mol. The Kier molecular flexibility index (Phi) is 7.22. The first kappa shape index (κ1) is 23.4. The van der Waals surface area contributed by atoms with E-state index < -0.39 is 35.6 Å². The number of hydrogen-bond donors (Lipinski definition) is 4. The van der Waals surface area contributed by atoms with Gasteiger partial charge < -0.3 is 16.2 Å². The van der Waals surface area contributed by atoms with Gasteiger partial charge in [0, 0.05) is 16.6 Å². The summed E-state index contributed by atoms with van der Waals surface area (Å²) in [7, 11) is 0. The van der Waals surface area contributed by atoms with Gasteiger partial charge in [0.25, 0.3) is 5.91 Å². The summed E-state index contributed by atoms with van der Waals surface area (Å²) in [5.41, 5.74) is 7.03. The quantitative estimate of drug-likeness (QED) is 0.408. The molecule has 2 aromatic carbocycles. The zero-order valence-electron chi connectivity index (χ0n) is 17.0. The third kappa shape index (κ3) is 5.49. The molecule has 0 fully saturated rings. The summed E-state index contributed by atoms with van der Waals surface area (Å²) in [6.07, 6.45) is 0.139. The summed E-state index contributed by atoms with van der Waals surface area (Å²) in [6.45, 7) is 1.41. The maximum absolute atomic E-state index is 14.1. The summed E-state index contributed by atoms with van der Waals surface area (Å²) >= 11 is 5.95. The maximum Gasteiger partial charge on any atom is 0.320 e. The van der Waals surface area contributed by atoms with Gasteiger partial charge in [-0.3, -0.25) is 14.7 Å². The number of benzene rings is 2. The number of halogens is 3. The Bertz CT molecular complexity index is 1130. The van der Waals surface area contributed by atoms with Crippen molar-refractivity contribution in [3.63, 3.8) is 0 Å². The number of carbonyl (C=O) groups is 2. The molecule has 3 aromatic rings. The highest BCUT2D eigenvalue weighted by atomic mass is 35.5. The summed E-state index contributed by atoms with van der Waals surface area (Å²) < 4.78 is 28.1. The molecule has 0 aliphatic heterocycles. The van der Waals surface area contributed by atoms with E-state index in [-0.39, 0.29) is 24.2 Å². The topological polar surface area (TPSA) is 121 Å². The molecule has 0 saturated carbocycles. The summed E-state index contributed by atoms with van der Waals surface area (Å²) in [5, 5.41) is 18.1. The average Bonchev–Trinajstić information content (AvgIpc) is 3.08. The van der Waals surface area contributed by atoms with E-state index in [1.165, 1.54) is 25.1 Å². The molecular formula is C22H21ClF2N4O3. The number of hydrogen-bond acceptors (Lipinski definition) is 4. The third-order valence-corrected chi connectivity index (χ3v) is 5.20. The molecule has 168 valence electrons. The van der Waals surface area contributed by atoms with Crippen LogP contribution in [0.2, 0.25) is 5.02 Å². The number of carboxylic acid groups (broad SMARTS) is 1. The van der Waals surface area contributed by atoms with Crippen LogP contribution in [0, 0.1) is 18.6 Å². The number of aromatic nitrogens is 2. The SMILES string of the molecule is Cc1n[nH]c(C(=O)NC(Cc2ccc(-c3cc(Cl)ccc3F)cc2)C[C@@H](N)C(=O)O)c1F. The van der Waals surface area contributed by atoms with Crippen molar-refractivity contribution in [3.8, 4) is 11.1 Å². The lowest BCUT2D eigenvalue weighted by Crippen LogP contribution is -2.43. The van der Waals surface area contributed by atoms with Gasteiger partial charge in [0.15, 0.2) is 11.5 Å². The molecule has 1 heterocycles. The van der Waals surface area contributed by atoms with E-state index in [0.717, 1.165) is 5.56 Å². The first-order valence-electron chi connectivity index (χ1n) is 9.69. The molecule has 0 spiro atoms. The Morgan fingerprint density at radius 2 is 1.91 bits per heavy atom. The van der Waals surface area contributed by atoms with Crippen LogP contribution in [0.5, 0.6) is 0 Å². The van der Waals surface area contributed by atoms with Crippen LogP contribution in [0.3, 0.4) is 0 Å². The van der Waals surface area contributed by atoms with Crippen molar-refractivity contribution < 1.29 is 23.5 Å². The number of rotatable bonds is 8. The highest BCUT2D eigenvalue weighted by molar-refractivity contribution is 6.30. The minimum atomic E-state index is -1.23. The van der Waals surface area contributed by atoms with Crippen molar-refractivity contribution in [1.82, 2.24) is 15.5 Å². The molecule has 5 N–H and O–H groups in total. The van der Waals surface area contributed by atoms with Crippen molar-refractivity contribution in [2.24, 2.45) is 5.73 Å². The molecule has 32 heavy (non-hydrogen) atoms. The van der Waals surface area contributed by atoms with Crippen molar-refractivity contribution in [2.45, 2.75) is 31.8 Å². The van der Waals surface area contributed by atoms with Crippen molar-refractivity contribution >= 4 is 23.5 Å². The van der Waals surface area contributed by atoms with Gasteiger partial charge in [-0.05, 0) is 49.1 Å². The van der Waals surface area contributed by atoms with E-state index in [1.54, 1.807) is 24.3 Å². The predicted octanol–water partition coefficient (Wildman–Crippen LogP) is 3.46. The lowest BCUT2D eigenvalue weighted by Gasteiger charge is -2.21. The minimum absolute atomic E-state index is 0.0396. The van der Waals surface area contributed by atoms with Crippen LogP contribution < -0.4 is 11.1 Å². The second kappa shape index (κ2) is 9.88. The van der Waals surface area contributed by atoms with Gasteiger partial charge in [-0.1, -0.05) is 35.9 Å². The van der Waals surface area contributed by atoms with Gasteiger partial charge in [0.05, 0.1) is 5.69 Å². The molecule has 0 radical (unpaired) electrons. The van der Waals surface area contributed by atoms with Crippen LogP contribution in [0.15, 0.2) is 42.5 Å². The fraction of sp³-hybridized carbons (Fsp3) is 0.227. The van der Waals surface area contributed by atoms with Crippen LogP contribution in [0.1, 0.15) is 28.2 Å². The van der Waals surface area contributed by atoms with Crippen LogP contribution in [0.4, 0.5) is 8.78 Å². The monoisotopic (exact) mass is 462 g/mol. The number of aromatic amines is 1. The number of aliphatic carboxylic acids is 1. The zero-order chi connectivity index (χ0) is 23.4. The number of nitrogens with one attached hydrogen (secondary N) is 2. The van der Waals surface area contributed by atoms with E-state index in [9.17, 15) is 18.4 Å². The van der Waals surface area contributed by atoms with Gasteiger partial charge >= 0.3 is 5.97 Å². The Morgan fingerprint density at radius 3 is 2.50 bits per heavy atom. The molecule has 10 heteroatoms. The number of H-pyrrole nitrogens is 1. The lowest BCUT2D eigenvalue weighted by atomic mass is 9.97. The molecule has 0 aliphatic carbocycles. The molecule has 2 atom stereocenters. The first-order chi connectivity index (χ1) is 15.2. The standard InChI is InChI=1S/C22H21ClF2N4O3/c1-11-19(25)20(29-28-11)21(30)27-15(10-18(26)22(31)32)8-12-2-4-13(5-3-12)16-9-14(23)6-7-17(16)24/h2-7,9,15,18H,8,10,26H2,1H3,(H,27,30)(H,28,29)(H,31,32)/t15?,18-/m1/s1. The van der Waals surface area contributed by atoms with Crippen molar-refractivity contribution in [2.75, 3.05) is 0 Å². The molecule has 7 nitrogen and oxygen atoms in total. The van der Waals surface area contributed by atoms with E-state index in [4.69, 9.17) is 22.4 Å². The Hall–Kier alpha value is -3.30. The lowest BCUT2D eigenvalue weighted by molar-refractivity contribution is -0.138. The molecule has 0 bridgehead atoms. The molecule has 0 saturated heterocycles. The summed E-state index contributed by atoms with van der Waals surface area (Å²) in [5.74, 6) is -3.18. The largest absolute Gasteiger partial charge is 0.480 e. The van der Waals surface area contributed by atoms with E-state index in [2.05, 4.69) is 15.5 Å². The number of amides is 1. The number of nitrogens with zero attached hydrogens (tertiary/aromatic N) is 1. The fourth-order valence-corrected chi connectivity index (χ4v) is 3.42. The van der Waals surface area contributed by atoms with Crippen molar-refractivity contribution in [3.05, 3.63) is 76.1 Å². The third-order valence-electron chi connectivity index (χ3n) is 4.97. The van der Waals surface area contributed by atoms with Gasteiger partial charge in [-0.2, -0.15) is 5.10 Å². The molecule has 1 amide bonds. The molecule has 3 rings (SSSR count). The zero-order valence-corrected chi connectivity index (χ0v) is 17.8. The van der Waals surface area contributed by atoms with Crippen LogP contribution in [-0.2, 0) is 11.2 Å².